The molecule has 0 amide bonds. The topological polar surface area (TPSA) is 41.8 Å². The lowest BCUT2D eigenvalue weighted by Crippen LogP contribution is -1.91. The quantitative estimate of drug-likeness (QED) is 0.156. The number of aromatic nitrogens is 1. The number of hydrogen-bond acceptors (Lipinski definition) is 1. The maximum absolute atomic E-state index is 6.43. The maximum Gasteiger partial charge on any atom is 0.0546 e. The molecule has 0 saturated carbocycles. The number of para-hydroxylation sites is 1. The molecule has 9 rings (SSSR count). The smallest absolute Gasteiger partial charge is 0.0546 e. The number of benzene rings is 8. The molecule has 0 saturated heterocycles. The van der Waals surface area contributed by atoms with Crippen LogP contribution in [-0.2, 0) is 0 Å². The van der Waals surface area contributed by atoms with Crippen molar-refractivity contribution in [1.82, 2.24) is 4.98 Å². The number of nitrogens with two attached hydrogens (primary N) is 1. The van der Waals surface area contributed by atoms with Crippen molar-refractivity contribution >= 4 is 49.0 Å². The lowest BCUT2D eigenvalue weighted by atomic mass is 9.85. The van der Waals surface area contributed by atoms with Gasteiger partial charge in [-0.3, -0.25) is 0 Å². The number of hydrogen-bond donors (Lipinski definition) is 2. The highest BCUT2D eigenvalue weighted by molar-refractivity contribution is 6.22. The normalized spacial score (nSPS) is 11.6. The molecule has 0 bridgehead atoms. The van der Waals surface area contributed by atoms with Crippen LogP contribution in [0.1, 0.15) is 0 Å². The second-order valence-corrected chi connectivity index (χ2v) is 12.0. The van der Waals surface area contributed by atoms with E-state index >= 15 is 0 Å². The highest BCUT2D eigenvalue weighted by atomic mass is 14.7. The van der Waals surface area contributed by atoms with E-state index in [2.05, 4.69) is 169 Å². The van der Waals surface area contributed by atoms with Crippen LogP contribution >= 0.6 is 0 Å². The Balaban J connectivity index is 1.24. The summed E-state index contributed by atoms with van der Waals surface area (Å²) < 4.78 is 0. The zero-order valence-corrected chi connectivity index (χ0v) is 25.2. The molecule has 0 aliphatic carbocycles. The molecule has 8 aromatic carbocycles. The summed E-state index contributed by atoms with van der Waals surface area (Å²) in [6.45, 7) is 0. The van der Waals surface area contributed by atoms with Crippen molar-refractivity contribution in [3.05, 3.63) is 164 Å². The van der Waals surface area contributed by atoms with Crippen molar-refractivity contribution in [2.24, 2.45) is 0 Å². The van der Waals surface area contributed by atoms with E-state index in [0.29, 0.717) is 0 Å². The Labute approximate surface area is 267 Å². The fraction of sp³-hybridized carbons (Fsp3) is 0. The van der Waals surface area contributed by atoms with Crippen LogP contribution in [0.15, 0.2) is 164 Å². The van der Waals surface area contributed by atoms with E-state index in [1.807, 2.05) is 0 Å². The third-order valence-electron chi connectivity index (χ3n) is 9.32. The van der Waals surface area contributed by atoms with Gasteiger partial charge >= 0.3 is 0 Å². The zero-order valence-electron chi connectivity index (χ0n) is 25.2. The summed E-state index contributed by atoms with van der Waals surface area (Å²) in [5.41, 5.74) is 19.0. The van der Waals surface area contributed by atoms with Crippen LogP contribution in [0.4, 0.5) is 5.69 Å². The second kappa shape index (κ2) is 10.5. The molecule has 0 spiro atoms. The number of fused-ring (bicyclic) bond motifs is 5. The van der Waals surface area contributed by atoms with Crippen molar-refractivity contribution in [2.75, 3.05) is 5.73 Å². The summed E-state index contributed by atoms with van der Waals surface area (Å²) in [6.07, 6.45) is 0. The van der Waals surface area contributed by atoms with Gasteiger partial charge in [0, 0.05) is 27.5 Å². The fourth-order valence-corrected chi connectivity index (χ4v) is 7.23. The summed E-state index contributed by atoms with van der Waals surface area (Å²) in [4.78, 5) is 3.64. The van der Waals surface area contributed by atoms with Crippen LogP contribution in [-0.4, -0.2) is 4.98 Å². The fourth-order valence-electron chi connectivity index (χ4n) is 7.23. The molecule has 1 aromatic heterocycles. The van der Waals surface area contributed by atoms with Gasteiger partial charge < -0.3 is 10.7 Å². The van der Waals surface area contributed by atoms with Crippen molar-refractivity contribution in [3.63, 3.8) is 0 Å². The average molecular weight is 587 g/mol. The van der Waals surface area contributed by atoms with E-state index in [0.717, 1.165) is 33.2 Å². The van der Waals surface area contributed by atoms with Crippen molar-refractivity contribution in [2.45, 2.75) is 0 Å². The van der Waals surface area contributed by atoms with Crippen molar-refractivity contribution in [3.8, 4) is 44.5 Å². The Hall–Kier alpha value is -6.12. The predicted molar refractivity (Wildman–Crippen MR) is 197 cm³/mol. The van der Waals surface area contributed by atoms with Gasteiger partial charge in [0.15, 0.2) is 0 Å². The first-order chi connectivity index (χ1) is 22.7. The first-order valence-electron chi connectivity index (χ1n) is 15.7. The highest BCUT2D eigenvalue weighted by Gasteiger charge is 2.17. The van der Waals surface area contributed by atoms with E-state index in [4.69, 9.17) is 5.73 Å². The minimum Gasteiger partial charge on any atom is -0.399 e. The minimum absolute atomic E-state index is 0.765. The molecule has 2 nitrogen and oxygen atoms in total. The molecule has 9 aromatic rings. The Kier molecular flexibility index (Phi) is 6.00. The molecule has 0 aliphatic rings. The van der Waals surface area contributed by atoms with Crippen molar-refractivity contribution in [1.29, 1.82) is 0 Å². The van der Waals surface area contributed by atoms with Gasteiger partial charge in [-0.2, -0.15) is 0 Å². The standard InChI is InChI=1S/C44H30N2/c45-33-26-38(44-40(27-33)34-15-9-10-18-41(34)46-44)29-21-19-28(20-22-29)32-23-24-37-39(25-32)43(31-13-5-2-6-14-31)36-17-8-7-16-35(36)42(37)30-11-3-1-4-12-30/h1-27,46H,45H2. The number of rotatable bonds is 4. The Morgan fingerprint density at radius 1 is 0.348 bits per heavy atom. The number of nitrogen functional groups attached to an aromatic ring is 1. The summed E-state index contributed by atoms with van der Waals surface area (Å²) in [6, 6.07) is 58.8. The Morgan fingerprint density at radius 3 is 1.54 bits per heavy atom. The van der Waals surface area contributed by atoms with Gasteiger partial charge in [0.05, 0.1) is 5.52 Å². The minimum atomic E-state index is 0.765. The average Bonchev–Trinajstić information content (AvgIpc) is 3.49. The third kappa shape index (κ3) is 4.19. The van der Waals surface area contributed by atoms with E-state index < -0.39 is 0 Å². The number of nitrogens with one attached hydrogen (secondary N) is 1. The Morgan fingerprint density at radius 2 is 0.870 bits per heavy atom. The first-order valence-corrected chi connectivity index (χ1v) is 15.7. The highest BCUT2D eigenvalue weighted by Crippen LogP contribution is 2.45. The van der Waals surface area contributed by atoms with Crippen LogP contribution in [0, 0.1) is 0 Å². The summed E-state index contributed by atoms with van der Waals surface area (Å²) in [7, 11) is 0. The summed E-state index contributed by atoms with van der Waals surface area (Å²) >= 11 is 0. The molecule has 3 N–H and O–H groups in total. The van der Waals surface area contributed by atoms with Gasteiger partial charge in [-0.1, -0.05) is 140 Å². The molecule has 1 heterocycles. The van der Waals surface area contributed by atoms with E-state index in [-0.39, 0.29) is 0 Å². The summed E-state index contributed by atoms with van der Waals surface area (Å²) in [5.74, 6) is 0. The number of aromatic amines is 1. The Bertz CT molecular complexity index is 2560. The van der Waals surface area contributed by atoms with Crippen molar-refractivity contribution < 1.29 is 0 Å². The number of anilines is 1. The molecule has 0 unspecified atom stereocenters. The van der Waals surface area contributed by atoms with Crippen LogP contribution in [0.5, 0.6) is 0 Å². The molecule has 0 aliphatic heterocycles. The van der Waals surface area contributed by atoms with E-state index in [1.54, 1.807) is 0 Å². The monoisotopic (exact) mass is 586 g/mol. The van der Waals surface area contributed by atoms with Gasteiger partial charge in [-0.25, -0.2) is 0 Å². The second-order valence-electron chi connectivity index (χ2n) is 12.0. The molecular weight excluding hydrogens is 556 g/mol. The molecule has 0 fully saturated rings. The van der Waals surface area contributed by atoms with Crippen LogP contribution in [0.25, 0.3) is 87.9 Å². The molecule has 0 radical (unpaired) electrons. The van der Waals surface area contributed by atoms with Gasteiger partial charge in [0.2, 0.25) is 0 Å². The van der Waals surface area contributed by atoms with Gasteiger partial charge in [0.25, 0.3) is 0 Å². The lowest BCUT2D eigenvalue weighted by molar-refractivity contribution is 1.53. The van der Waals surface area contributed by atoms with Gasteiger partial charge in [-0.05, 0) is 84.8 Å². The van der Waals surface area contributed by atoms with Crippen LogP contribution in [0.3, 0.4) is 0 Å². The summed E-state index contributed by atoms with van der Waals surface area (Å²) in [5, 5.41) is 7.37. The molecule has 46 heavy (non-hydrogen) atoms. The van der Waals surface area contributed by atoms with Crippen LogP contribution < -0.4 is 5.73 Å². The van der Waals surface area contributed by atoms with Gasteiger partial charge in [-0.15, -0.1) is 0 Å². The van der Waals surface area contributed by atoms with Gasteiger partial charge in [0.1, 0.15) is 0 Å². The largest absolute Gasteiger partial charge is 0.399 e. The van der Waals surface area contributed by atoms with Crippen LogP contribution in [0.2, 0.25) is 0 Å². The molecular formula is C44H30N2. The first kappa shape index (κ1) is 26.3. The predicted octanol–water partition coefficient (Wildman–Crippen LogP) is 11.9. The zero-order chi connectivity index (χ0) is 30.6. The maximum atomic E-state index is 6.43. The van der Waals surface area contributed by atoms with E-state index in [9.17, 15) is 0 Å². The molecule has 0 atom stereocenters. The SMILES string of the molecule is Nc1cc(-c2ccc(-c3ccc4c(-c5ccccc5)c5ccccc5c(-c5ccccc5)c4c3)cc2)c2[nH]c3ccccc3c2c1. The lowest BCUT2D eigenvalue weighted by Gasteiger charge is -2.18. The number of H-pyrrole nitrogens is 1. The van der Waals surface area contributed by atoms with E-state index in [1.165, 1.54) is 60.3 Å². The third-order valence-corrected chi connectivity index (χ3v) is 9.32. The molecule has 216 valence electrons. The molecule has 2 heteroatoms.